The first kappa shape index (κ1) is 35.6. The number of aromatic nitrogens is 4. The van der Waals surface area contributed by atoms with Crippen molar-refractivity contribution in [1.82, 2.24) is 19.5 Å². The molecule has 5 heteroatoms. The molecule has 0 radical (unpaired) electrons. The van der Waals surface area contributed by atoms with Crippen molar-refractivity contribution in [1.29, 1.82) is 0 Å². The largest absolute Gasteiger partial charge is 0.455 e. The second kappa shape index (κ2) is 15.2. The lowest BCUT2D eigenvalue weighted by atomic mass is 10.00. The van der Waals surface area contributed by atoms with E-state index >= 15 is 0 Å². The van der Waals surface area contributed by atoms with Crippen molar-refractivity contribution in [3.63, 3.8) is 0 Å². The molecule has 0 fully saturated rings. The van der Waals surface area contributed by atoms with E-state index in [-0.39, 0.29) is 0 Å². The average molecular weight is 753 g/mol. The normalized spacial score (nSPS) is 11.7. The maximum atomic E-state index is 6.63. The Morgan fingerprint density at radius 1 is 0.448 bits per heavy atom. The molecule has 0 saturated heterocycles. The minimum absolute atomic E-state index is 0.570. The van der Waals surface area contributed by atoms with E-state index in [1.165, 1.54) is 47.8 Å². The van der Waals surface area contributed by atoms with Crippen LogP contribution in [-0.2, 0) is 12.8 Å². The summed E-state index contributed by atoms with van der Waals surface area (Å²) in [5.41, 5.74) is 12.9. The average Bonchev–Trinajstić information content (AvgIpc) is 3.83. The summed E-state index contributed by atoms with van der Waals surface area (Å²) in [7, 11) is 0. The topological polar surface area (TPSA) is 56.7 Å². The molecule has 7 aromatic carbocycles. The molecule has 3 aromatic heterocycles. The monoisotopic (exact) mass is 752 g/mol. The van der Waals surface area contributed by atoms with Gasteiger partial charge < -0.3 is 4.42 Å². The number of unbranched alkanes of at least 4 members (excludes halogenated alkanes) is 2. The Kier molecular flexibility index (Phi) is 9.34. The first-order valence-electron chi connectivity index (χ1n) is 20.6. The number of hydrogen-bond acceptors (Lipinski definition) is 4. The van der Waals surface area contributed by atoms with Crippen LogP contribution < -0.4 is 0 Å². The van der Waals surface area contributed by atoms with Gasteiger partial charge in [-0.1, -0.05) is 160 Å². The van der Waals surface area contributed by atoms with Crippen LogP contribution in [0.4, 0.5) is 0 Å². The third-order valence-electron chi connectivity index (χ3n) is 11.5. The molecule has 58 heavy (non-hydrogen) atoms. The van der Waals surface area contributed by atoms with Crippen LogP contribution in [-0.4, -0.2) is 19.5 Å². The molecule has 10 aromatic rings. The van der Waals surface area contributed by atoms with Crippen molar-refractivity contribution < 1.29 is 4.42 Å². The van der Waals surface area contributed by atoms with Crippen LogP contribution in [0.2, 0.25) is 0 Å². The molecule has 0 saturated carbocycles. The van der Waals surface area contributed by atoms with E-state index in [1.807, 2.05) is 18.2 Å². The van der Waals surface area contributed by atoms with Crippen molar-refractivity contribution in [3.8, 4) is 51.0 Å². The van der Waals surface area contributed by atoms with E-state index in [0.717, 1.165) is 79.0 Å². The lowest BCUT2D eigenvalue weighted by Gasteiger charge is -2.12. The number of hydrogen-bond donors (Lipinski definition) is 0. The fraction of sp³-hybridized carbons (Fsp3) is 0.151. The third-order valence-corrected chi connectivity index (χ3v) is 11.5. The van der Waals surface area contributed by atoms with Crippen LogP contribution in [0.15, 0.2) is 162 Å². The van der Waals surface area contributed by atoms with E-state index in [2.05, 4.69) is 158 Å². The number of aryl methyl sites for hydroxylation is 2. The van der Waals surface area contributed by atoms with Crippen molar-refractivity contribution in [2.75, 3.05) is 0 Å². The Morgan fingerprint density at radius 3 is 1.81 bits per heavy atom. The summed E-state index contributed by atoms with van der Waals surface area (Å²) in [6, 6.07) is 56.1. The van der Waals surface area contributed by atoms with Crippen molar-refractivity contribution in [2.45, 2.75) is 52.4 Å². The SMILES string of the molecule is CCCCc1ccc(-c2ccc(-c3nc(-c4ccccc4)nc(-n4c5ccccc5c5ccc(-c6cccc7c6oc6ccc(CCCC)cc67)cc54)n3)cc2)cc1. The molecule has 3 heterocycles. The van der Waals surface area contributed by atoms with E-state index in [4.69, 9.17) is 19.4 Å². The molecule has 0 N–H and O–H groups in total. The Balaban J connectivity index is 1.11. The zero-order chi connectivity index (χ0) is 39.0. The number of fused-ring (bicyclic) bond motifs is 6. The van der Waals surface area contributed by atoms with Crippen LogP contribution in [0.3, 0.4) is 0 Å². The fourth-order valence-corrected chi connectivity index (χ4v) is 8.33. The van der Waals surface area contributed by atoms with Gasteiger partial charge in [-0.25, -0.2) is 4.98 Å². The van der Waals surface area contributed by atoms with E-state index in [9.17, 15) is 0 Å². The Bertz CT molecular complexity index is 3070. The predicted molar refractivity (Wildman–Crippen MR) is 240 cm³/mol. The summed E-state index contributed by atoms with van der Waals surface area (Å²) in [6.07, 6.45) is 6.95. The number of rotatable bonds is 11. The van der Waals surface area contributed by atoms with Gasteiger partial charge in [-0.05, 0) is 77.8 Å². The molecule has 5 nitrogen and oxygen atoms in total. The highest BCUT2D eigenvalue weighted by Crippen LogP contribution is 2.40. The zero-order valence-electron chi connectivity index (χ0n) is 33.0. The first-order valence-corrected chi connectivity index (χ1v) is 20.6. The van der Waals surface area contributed by atoms with Crippen LogP contribution >= 0.6 is 0 Å². The van der Waals surface area contributed by atoms with Gasteiger partial charge in [-0.2, -0.15) is 9.97 Å². The second-order valence-corrected chi connectivity index (χ2v) is 15.3. The minimum atomic E-state index is 0.570. The van der Waals surface area contributed by atoms with Gasteiger partial charge in [0, 0.05) is 38.2 Å². The summed E-state index contributed by atoms with van der Waals surface area (Å²) >= 11 is 0. The molecule has 0 aliphatic heterocycles. The van der Waals surface area contributed by atoms with Crippen LogP contribution in [0, 0.1) is 0 Å². The standard InChI is InChI=1S/C53H44N4O/c1-3-5-13-35-21-24-37(25-22-35)38-26-28-40(29-27-38)52-54-51(39-15-8-7-9-16-39)55-53(56-52)57-47-20-11-10-17-43(47)44-31-30-41(34-48(44)57)42-18-12-19-45-46-33-36(14-6-4-2)23-32-49(46)58-50(42)45/h7-12,15-34H,3-6,13-14H2,1-2H3. The summed E-state index contributed by atoms with van der Waals surface area (Å²) in [6.45, 7) is 4.48. The Hall–Kier alpha value is -6.85. The quantitative estimate of drug-likeness (QED) is 0.132. The molecule has 282 valence electrons. The van der Waals surface area contributed by atoms with E-state index in [0.29, 0.717) is 17.6 Å². The van der Waals surface area contributed by atoms with Gasteiger partial charge in [-0.3, -0.25) is 4.57 Å². The molecule has 0 aliphatic rings. The minimum Gasteiger partial charge on any atom is -0.455 e. The van der Waals surface area contributed by atoms with Gasteiger partial charge in [0.1, 0.15) is 11.2 Å². The lowest BCUT2D eigenvalue weighted by Crippen LogP contribution is -2.06. The van der Waals surface area contributed by atoms with E-state index in [1.54, 1.807) is 0 Å². The van der Waals surface area contributed by atoms with Gasteiger partial charge in [0.15, 0.2) is 11.6 Å². The highest BCUT2D eigenvalue weighted by Gasteiger charge is 2.20. The Labute approximate surface area is 338 Å². The zero-order valence-corrected chi connectivity index (χ0v) is 33.0. The number of para-hydroxylation sites is 2. The molecular weight excluding hydrogens is 709 g/mol. The van der Waals surface area contributed by atoms with Gasteiger partial charge in [-0.15, -0.1) is 0 Å². The second-order valence-electron chi connectivity index (χ2n) is 15.3. The molecule has 0 aliphatic carbocycles. The number of nitrogens with zero attached hydrogens (tertiary/aromatic N) is 4. The van der Waals surface area contributed by atoms with Gasteiger partial charge in [0.2, 0.25) is 5.95 Å². The fourth-order valence-electron chi connectivity index (χ4n) is 8.33. The van der Waals surface area contributed by atoms with Crippen molar-refractivity contribution in [3.05, 3.63) is 169 Å². The molecule has 0 spiro atoms. The smallest absolute Gasteiger partial charge is 0.238 e. The van der Waals surface area contributed by atoms with E-state index < -0.39 is 0 Å². The molecular formula is C53H44N4O. The Morgan fingerprint density at radius 2 is 1.05 bits per heavy atom. The highest BCUT2D eigenvalue weighted by molar-refractivity contribution is 6.13. The maximum absolute atomic E-state index is 6.63. The summed E-state index contributed by atoms with van der Waals surface area (Å²) in [4.78, 5) is 15.5. The first-order chi connectivity index (χ1) is 28.6. The third kappa shape index (κ3) is 6.53. The van der Waals surface area contributed by atoms with Crippen LogP contribution in [0.1, 0.15) is 50.7 Å². The van der Waals surface area contributed by atoms with Crippen LogP contribution in [0.25, 0.3) is 94.7 Å². The predicted octanol–water partition coefficient (Wildman–Crippen LogP) is 14.2. The highest BCUT2D eigenvalue weighted by atomic mass is 16.3. The lowest BCUT2D eigenvalue weighted by molar-refractivity contribution is 0.669. The molecule has 0 bridgehead atoms. The van der Waals surface area contributed by atoms with Crippen molar-refractivity contribution in [2.24, 2.45) is 0 Å². The number of benzene rings is 7. The van der Waals surface area contributed by atoms with Crippen LogP contribution in [0.5, 0.6) is 0 Å². The van der Waals surface area contributed by atoms with Crippen molar-refractivity contribution >= 4 is 43.7 Å². The van der Waals surface area contributed by atoms with Gasteiger partial charge in [0.25, 0.3) is 0 Å². The summed E-state index contributed by atoms with van der Waals surface area (Å²) < 4.78 is 8.82. The van der Waals surface area contributed by atoms with Gasteiger partial charge in [0.05, 0.1) is 11.0 Å². The number of furan rings is 1. The molecule has 0 unspecified atom stereocenters. The summed E-state index contributed by atoms with van der Waals surface area (Å²) in [5, 5.41) is 4.57. The summed E-state index contributed by atoms with van der Waals surface area (Å²) in [5.74, 6) is 1.82. The molecule has 0 atom stereocenters. The molecule has 0 amide bonds. The maximum Gasteiger partial charge on any atom is 0.238 e. The molecule has 10 rings (SSSR count). The van der Waals surface area contributed by atoms with Gasteiger partial charge >= 0.3 is 0 Å².